The Morgan fingerprint density at radius 3 is 2.71 bits per heavy atom. The maximum absolute atomic E-state index is 12.2. The normalized spacial score (nSPS) is 10.2. The van der Waals surface area contributed by atoms with Gasteiger partial charge in [0.25, 0.3) is 5.91 Å². The van der Waals surface area contributed by atoms with E-state index in [9.17, 15) is 9.59 Å². The summed E-state index contributed by atoms with van der Waals surface area (Å²) in [6.45, 7) is 1.30. The maximum atomic E-state index is 12.2. The second kappa shape index (κ2) is 8.97. The number of carboxylic acid groups (broad SMARTS) is 1. The van der Waals surface area contributed by atoms with E-state index in [-0.39, 0.29) is 12.3 Å². The zero-order valence-corrected chi connectivity index (χ0v) is 12.4. The van der Waals surface area contributed by atoms with Crippen molar-refractivity contribution in [3.8, 4) is 5.75 Å². The van der Waals surface area contributed by atoms with Crippen molar-refractivity contribution in [1.29, 1.82) is 0 Å². The molecule has 0 aliphatic carbocycles. The molecule has 0 aromatic heterocycles. The summed E-state index contributed by atoms with van der Waals surface area (Å²) in [5, 5.41) is 8.59. The van der Waals surface area contributed by atoms with Gasteiger partial charge in [0, 0.05) is 32.7 Å². The number of nitrogens with zero attached hydrogens (tertiary/aromatic N) is 1. The molecule has 21 heavy (non-hydrogen) atoms. The predicted molar refractivity (Wildman–Crippen MR) is 77.6 cm³/mol. The van der Waals surface area contributed by atoms with Crippen LogP contribution in [0.1, 0.15) is 23.2 Å². The Hall–Kier alpha value is -2.08. The predicted octanol–water partition coefficient (Wildman–Crippen LogP) is 1.65. The lowest BCUT2D eigenvalue weighted by atomic mass is 10.2. The molecule has 1 N–H and O–H groups in total. The van der Waals surface area contributed by atoms with Crippen LogP contribution in [0.25, 0.3) is 0 Å². The highest BCUT2D eigenvalue weighted by molar-refractivity contribution is 5.94. The largest absolute Gasteiger partial charge is 0.491 e. The van der Waals surface area contributed by atoms with E-state index in [1.54, 1.807) is 38.4 Å². The highest BCUT2D eigenvalue weighted by Gasteiger charge is 2.12. The molecule has 1 aromatic carbocycles. The molecule has 0 aliphatic heterocycles. The molecule has 0 bridgehead atoms. The lowest BCUT2D eigenvalue weighted by Gasteiger charge is -2.17. The van der Waals surface area contributed by atoms with Gasteiger partial charge in [-0.2, -0.15) is 0 Å². The number of ether oxygens (including phenoxy) is 2. The highest BCUT2D eigenvalue weighted by atomic mass is 16.5. The smallest absolute Gasteiger partial charge is 0.303 e. The average molecular weight is 295 g/mol. The summed E-state index contributed by atoms with van der Waals surface area (Å²) in [6, 6.07) is 6.90. The zero-order valence-electron chi connectivity index (χ0n) is 12.4. The van der Waals surface area contributed by atoms with Crippen LogP contribution >= 0.6 is 0 Å². The van der Waals surface area contributed by atoms with Gasteiger partial charge in [-0.3, -0.25) is 9.59 Å². The van der Waals surface area contributed by atoms with Gasteiger partial charge in [0.1, 0.15) is 12.4 Å². The van der Waals surface area contributed by atoms with Gasteiger partial charge in [-0.05, 0) is 24.6 Å². The molecule has 0 aliphatic rings. The van der Waals surface area contributed by atoms with Gasteiger partial charge in [-0.15, -0.1) is 0 Å². The monoisotopic (exact) mass is 295 g/mol. The second-order valence-electron chi connectivity index (χ2n) is 4.59. The van der Waals surface area contributed by atoms with Gasteiger partial charge in [0.2, 0.25) is 0 Å². The molecule has 0 saturated heterocycles. The van der Waals surface area contributed by atoms with Gasteiger partial charge < -0.3 is 19.5 Å². The summed E-state index contributed by atoms with van der Waals surface area (Å²) in [7, 11) is 3.25. The number of carbonyl (C=O) groups is 2. The Kier molecular flexibility index (Phi) is 7.25. The van der Waals surface area contributed by atoms with Gasteiger partial charge >= 0.3 is 5.97 Å². The zero-order chi connectivity index (χ0) is 15.7. The van der Waals surface area contributed by atoms with E-state index < -0.39 is 5.97 Å². The molecule has 0 unspecified atom stereocenters. The van der Waals surface area contributed by atoms with Gasteiger partial charge in [-0.1, -0.05) is 6.07 Å². The van der Waals surface area contributed by atoms with E-state index in [4.69, 9.17) is 14.6 Å². The van der Waals surface area contributed by atoms with Crippen molar-refractivity contribution in [2.24, 2.45) is 0 Å². The van der Waals surface area contributed by atoms with Crippen LogP contribution in [0.15, 0.2) is 24.3 Å². The number of rotatable bonds is 9. The van der Waals surface area contributed by atoms with Crippen molar-refractivity contribution in [1.82, 2.24) is 4.90 Å². The fourth-order valence-corrected chi connectivity index (χ4v) is 1.75. The number of aliphatic carboxylic acids is 1. The molecule has 1 rings (SSSR count). The third-order valence-corrected chi connectivity index (χ3v) is 2.87. The third-order valence-electron chi connectivity index (χ3n) is 2.87. The van der Waals surface area contributed by atoms with Gasteiger partial charge in [-0.25, -0.2) is 0 Å². The summed E-state index contributed by atoms with van der Waals surface area (Å²) in [5.41, 5.74) is 0.516. The topological polar surface area (TPSA) is 76.1 Å². The molecular weight excluding hydrogens is 274 g/mol. The van der Waals surface area contributed by atoms with E-state index in [0.29, 0.717) is 37.5 Å². The minimum atomic E-state index is -0.857. The summed E-state index contributed by atoms with van der Waals surface area (Å²) >= 11 is 0. The third kappa shape index (κ3) is 6.27. The fraction of sp³-hybridized carbons (Fsp3) is 0.467. The number of amides is 1. The first-order valence-electron chi connectivity index (χ1n) is 6.73. The van der Waals surface area contributed by atoms with Crippen molar-refractivity contribution in [2.45, 2.75) is 12.8 Å². The Bertz CT molecular complexity index is 475. The minimum Gasteiger partial charge on any atom is -0.491 e. The van der Waals surface area contributed by atoms with Gasteiger partial charge in [0.05, 0.1) is 6.61 Å². The Balaban J connectivity index is 2.56. The highest BCUT2D eigenvalue weighted by Crippen LogP contribution is 2.15. The lowest BCUT2D eigenvalue weighted by molar-refractivity contribution is -0.137. The molecule has 0 spiro atoms. The number of hydrogen-bond donors (Lipinski definition) is 1. The van der Waals surface area contributed by atoms with Crippen LogP contribution in [0, 0.1) is 0 Å². The number of hydrogen-bond acceptors (Lipinski definition) is 4. The molecular formula is C15H21NO5. The molecule has 0 heterocycles. The number of carbonyl (C=O) groups excluding carboxylic acids is 1. The van der Waals surface area contributed by atoms with Crippen LogP contribution in [0.5, 0.6) is 5.75 Å². The lowest BCUT2D eigenvalue weighted by Crippen LogP contribution is -2.28. The van der Waals surface area contributed by atoms with Crippen LogP contribution < -0.4 is 4.74 Å². The Labute approximate surface area is 124 Å². The Morgan fingerprint density at radius 1 is 1.29 bits per heavy atom. The molecule has 1 aromatic rings. The fourth-order valence-electron chi connectivity index (χ4n) is 1.75. The molecule has 0 saturated carbocycles. The SMILES string of the molecule is COCCOc1cccc(C(=O)N(C)CCCC(=O)O)c1. The van der Waals surface area contributed by atoms with Crippen LogP contribution in [-0.4, -0.2) is 55.8 Å². The molecule has 116 valence electrons. The molecule has 0 fully saturated rings. The van der Waals surface area contributed by atoms with Crippen LogP contribution in [0.2, 0.25) is 0 Å². The van der Waals surface area contributed by atoms with Crippen LogP contribution in [-0.2, 0) is 9.53 Å². The van der Waals surface area contributed by atoms with Gasteiger partial charge in [0.15, 0.2) is 0 Å². The van der Waals surface area contributed by atoms with E-state index in [2.05, 4.69) is 0 Å². The molecule has 0 atom stereocenters. The van der Waals surface area contributed by atoms with Crippen molar-refractivity contribution in [3.05, 3.63) is 29.8 Å². The minimum absolute atomic E-state index is 0.0534. The number of methoxy groups -OCH3 is 1. The summed E-state index contributed by atoms with van der Waals surface area (Å²) in [4.78, 5) is 24.2. The molecule has 6 heteroatoms. The first kappa shape index (κ1) is 17.0. The van der Waals surface area contributed by atoms with Crippen molar-refractivity contribution in [3.63, 3.8) is 0 Å². The van der Waals surface area contributed by atoms with E-state index in [1.165, 1.54) is 4.90 Å². The maximum Gasteiger partial charge on any atom is 0.303 e. The quantitative estimate of drug-likeness (QED) is 0.701. The first-order valence-corrected chi connectivity index (χ1v) is 6.73. The van der Waals surface area contributed by atoms with Crippen molar-refractivity contribution < 1.29 is 24.2 Å². The second-order valence-corrected chi connectivity index (χ2v) is 4.59. The average Bonchev–Trinajstić information content (AvgIpc) is 2.46. The number of benzene rings is 1. The molecule has 1 amide bonds. The van der Waals surface area contributed by atoms with E-state index >= 15 is 0 Å². The Morgan fingerprint density at radius 2 is 2.05 bits per heavy atom. The summed E-state index contributed by atoms with van der Waals surface area (Å²) < 4.78 is 10.4. The molecule has 0 radical (unpaired) electrons. The van der Waals surface area contributed by atoms with E-state index in [0.717, 1.165) is 0 Å². The van der Waals surface area contributed by atoms with Crippen LogP contribution in [0.4, 0.5) is 0 Å². The first-order chi connectivity index (χ1) is 10.0. The summed E-state index contributed by atoms with van der Waals surface area (Å²) in [5.74, 6) is -0.404. The summed E-state index contributed by atoms with van der Waals surface area (Å²) in [6.07, 6.45) is 0.486. The standard InChI is InChI=1S/C15H21NO5/c1-16(8-4-7-14(17)18)15(19)12-5-3-6-13(11-12)21-10-9-20-2/h3,5-6,11H,4,7-10H2,1-2H3,(H,17,18). The van der Waals surface area contributed by atoms with E-state index in [1.807, 2.05) is 0 Å². The van der Waals surface area contributed by atoms with Crippen LogP contribution in [0.3, 0.4) is 0 Å². The molecule has 6 nitrogen and oxygen atoms in total. The van der Waals surface area contributed by atoms with Crippen molar-refractivity contribution in [2.75, 3.05) is 33.9 Å². The number of carboxylic acids is 1. The van der Waals surface area contributed by atoms with Crippen molar-refractivity contribution >= 4 is 11.9 Å².